The summed E-state index contributed by atoms with van der Waals surface area (Å²) in [6.07, 6.45) is 2.09. The molecule has 0 saturated heterocycles. The van der Waals surface area contributed by atoms with Crippen LogP contribution in [0.4, 0.5) is 0 Å². The first kappa shape index (κ1) is 10.3. The first-order chi connectivity index (χ1) is 6.76. The number of thioether (sulfide) groups is 1. The van der Waals surface area contributed by atoms with E-state index in [1.165, 1.54) is 18.8 Å². The molecule has 14 heavy (non-hydrogen) atoms. The van der Waals surface area contributed by atoms with Gasteiger partial charge in [0, 0.05) is 14.6 Å². The summed E-state index contributed by atoms with van der Waals surface area (Å²) in [6, 6.07) is 6.16. The van der Waals surface area contributed by atoms with Gasteiger partial charge in [0.05, 0.1) is 11.3 Å². The fourth-order valence-electron chi connectivity index (χ4n) is 1.28. The third kappa shape index (κ3) is 1.66. The maximum absolute atomic E-state index is 5.19. The van der Waals surface area contributed by atoms with E-state index in [-0.39, 0.29) is 0 Å². The van der Waals surface area contributed by atoms with Crippen molar-refractivity contribution in [3.8, 4) is 5.75 Å². The Kier molecular flexibility index (Phi) is 3.04. The summed E-state index contributed by atoms with van der Waals surface area (Å²) in [5.41, 5.74) is 0. The van der Waals surface area contributed by atoms with Gasteiger partial charge in [-0.25, -0.2) is 0 Å². The third-order valence-electron chi connectivity index (χ3n) is 1.99. The first-order valence-electron chi connectivity index (χ1n) is 4.06. The van der Waals surface area contributed by atoms with E-state index >= 15 is 0 Å². The van der Waals surface area contributed by atoms with Crippen LogP contribution in [0.25, 0.3) is 10.1 Å². The second-order valence-electron chi connectivity index (χ2n) is 2.77. The van der Waals surface area contributed by atoms with E-state index in [0.717, 1.165) is 5.75 Å². The van der Waals surface area contributed by atoms with Gasteiger partial charge >= 0.3 is 0 Å². The molecule has 1 aromatic heterocycles. The van der Waals surface area contributed by atoms with E-state index in [1.807, 2.05) is 6.07 Å². The van der Waals surface area contributed by atoms with Crippen molar-refractivity contribution in [2.45, 2.75) is 4.21 Å². The normalized spacial score (nSPS) is 10.8. The highest BCUT2D eigenvalue weighted by atomic mass is 79.9. The van der Waals surface area contributed by atoms with Crippen LogP contribution in [0.5, 0.6) is 5.75 Å². The Morgan fingerprint density at radius 1 is 1.43 bits per heavy atom. The van der Waals surface area contributed by atoms with Crippen LogP contribution in [0.3, 0.4) is 0 Å². The molecule has 0 fully saturated rings. The van der Waals surface area contributed by atoms with Crippen molar-refractivity contribution >= 4 is 49.1 Å². The highest BCUT2D eigenvalue weighted by Gasteiger charge is 2.09. The number of ether oxygens (including phenoxy) is 1. The van der Waals surface area contributed by atoms with E-state index in [9.17, 15) is 0 Å². The average molecular weight is 289 g/mol. The number of thiophene rings is 1. The number of benzene rings is 1. The Balaban J connectivity index is 2.66. The van der Waals surface area contributed by atoms with Crippen molar-refractivity contribution < 1.29 is 4.74 Å². The summed E-state index contributed by atoms with van der Waals surface area (Å²) in [5.74, 6) is 0.916. The molecule has 2 rings (SSSR count). The molecule has 0 saturated carbocycles. The molecule has 0 atom stereocenters. The molecule has 0 radical (unpaired) electrons. The lowest BCUT2D eigenvalue weighted by molar-refractivity contribution is 0.415. The van der Waals surface area contributed by atoms with Gasteiger partial charge in [-0.15, -0.1) is 23.1 Å². The van der Waals surface area contributed by atoms with Crippen molar-refractivity contribution in [1.29, 1.82) is 0 Å². The van der Waals surface area contributed by atoms with Crippen LogP contribution in [0.1, 0.15) is 0 Å². The summed E-state index contributed by atoms with van der Waals surface area (Å²) in [7, 11) is 1.69. The molecule has 1 heterocycles. The van der Waals surface area contributed by atoms with Crippen molar-refractivity contribution in [2.24, 2.45) is 0 Å². The fourth-order valence-corrected chi connectivity index (χ4v) is 4.23. The second-order valence-corrected chi connectivity index (χ2v) is 5.69. The Hall–Kier alpha value is -0.190. The Bertz CT molecular complexity index is 464. The van der Waals surface area contributed by atoms with Crippen molar-refractivity contribution in [3.63, 3.8) is 0 Å². The molecule has 0 aliphatic heterocycles. The summed E-state index contributed by atoms with van der Waals surface area (Å²) >= 11 is 7.16. The molecule has 0 unspecified atom stereocenters. The highest BCUT2D eigenvalue weighted by molar-refractivity contribution is 9.10. The lowest BCUT2D eigenvalue weighted by Gasteiger charge is -1.97. The minimum absolute atomic E-state index is 0.916. The number of halogens is 1. The number of rotatable bonds is 2. The number of fused-ring (bicyclic) bond motifs is 1. The maximum atomic E-state index is 5.19. The first-order valence-corrected chi connectivity index (χ1v) is 6.89. The molecular weight excluding hydrogens is 280 g/mol. The predicted octanol–water partition coefficient (Wildman–Crippen LogP) is 4.39. The van der Waals surface area contributed by atoms with Gasteiger partial charge in [0.1, 0.15) is 5.75 Å². The third-order valence-corrected chi connectivity index (χ3v) is 5.61. The minimum Gasteiger partial charge on any atom is -0.497 e. The quantitative estimate of drug-likeness (QED) is 0.758. The molecule has 1 nitrogen and oxygen atoms in total. The summed E-state index contributed by atoms with van der Waals surface area (Å²) in [5, 5.41) is 1.26. The molecule has 0 spiro atoms. The largest absolute Gasteiger partial charge is 0.497 e. The van der Waals surface area contributed by atoms with E-state index < -0.39 is 0 Å². The van der Waals surface area contributed by atoms with E-state index in [4.69, 9.17) is 4.74 Å². The van der Waals surface area contributed by atoms with Crippen LogP contribution in [0, 0.1) is 0 Å². The maximum Gasteiger partial charge on any atom is 0.120 e. The van der Waals surface area contributed by atoms with Gasteiger partial charge in [-0.3, -0.25) is 0 Å². The molecule has 0 aliphatic carbocycles. The van der Waals surface area contributed by atoms with Gasteiger partial charge in [0.15, 0.2) is 0 Å². The predicted molar refractivity (Wildman–Crippen MR) is 67.9 cm³/mol. The molecule has 0 N–H and O–H groups in total. The lowest BCUT2D eigenvalue weighted by Crippen LogP contribution is -1.79. The van der Waals surface area contributed by atoms with Gasteiger partial charge in [0.2, 0.25) is 0 Å². The van der Waals surface area contributed by atoms with Gasteiger partial charge in [0.25, 0.3) is 0 Å². The second kappa shape index (κ2) is 4.13. The fraction of sp³-hybridized carbons (Fsp3) is 0.200. The molecule has 2 aromatic rings. The zero-order valence-corrected chi connectivity index (χ0v) is 11.1. The summed E-state index contributed by atoms with van der Waals surface area (Å²) < 4.78 is 8.97. The van der Waals surface area contributed by atoms with Gasteiger partial charge in [-0.05, 0) is 40.4 Å². The van der Waals surface area contributed by atoms with Crippen LogP contribution in [0.15, 0.2) is 26.9 Å². The van der Waals surface area contributed by atoms with E-state index in [0.29, 0.717) is 0 Å². The van der Waals surface area contributed by atoms with Crippen LogP contribution >= 0.6 is 39.0 Å². The van der Waals surface area contributed by atoms with Crippen molar-refractivity contribution in [2.75, 3.05) is 13.4 Å². The molecular formula is C10H9BrOS2. The zero-order valence-electron chi connectivity index (χ0n) is 7.83. The smallest absolute Gasteiger partial charge is 0.120 e. The molecule has 0 amide bonds. The van der Waals surface area contributed by atoms with Gasteiger partial charge in [-0.2, -0.15) is 0 Å². The standard InChI is InChI=1S/C10H9BrOS2/c1-12-6-3-4-7-8(5-6)14-10(13-2)9(7)11/h3-5H,1-2H3. The molecule has 0 aliphatic rings. The number of hydrogen-bond donors (Lipinski definition) is 0. The number of hydrogen-bond acceptors (Lipinski definition) is 3. The van der Waals surface area contributed by atoms with Gasteiger partial charge < -0.3 is 4.74 Å². The van der Waals surface area contributed by atoms with Crippen LogP contribution in [-0.4, -0.2) is 13.4 Å². The van der Waals surface area contributed by atoms with E-state index in [2.05, 4.69) is 34.3 Å². The Labute approximate surface area is 99.6 Å². The molecule has 74 valence electrons. The van der Waals surface area contributed by atoms with Crippen LogP contribution in [-0.2, 0) is 0 Å². The minimum atomic E-state index is 0.916. The SMILES string of the molecule is COc1ccc2c(Br)c(SC)sc2c1. The van der Waals surface area contributed by atoms with Crippen molar-refractivity contribution in [3.05, 3.63) is 22.7 Å². The molecule has 0 bridgehead atoms. The molecule has 4 heteroatoms. The lowest BCUT2D eigenvalue weighted by atomic mass is 10.2. The monoisotopic (exact) mass is 288 g/mol. The average Bonchev–Trinajstić information content (AvgIpc) is 2.55. The Morgan fingerprint density at radius 2 is 2.21 bits per heavy atom. The van der Waals surface area contributed by atoms with E-state index in [1.54, 1.807) is 30.2 Å². The van der Waals surface area contributed by atoms with Crippen LogP contribution < -0.4 is 4.74 Å². The van der Waals surface area contributed by atoms with Crippen molar-refractivity contribution in [1.82, 2.24) is 0 Å². The summed E-state index contributed by atoms with van der Waals surface area (Å²) in [4.78, 5) is 0. The summed E-state index contributed by atoms with van der Waals surface area (Å²) in [6.45, 7) is 0. The zero-order chi connectivity index (χ0) is 10.1. The topological polar surface area (TPSA) is 9.23 Å². The Morgan fingerprint density at radius 3 is 2.86 bits per heavy atom. The van der Waals surface area contributed by atoms with Crippen LogP contribution in [0.2, 0.25) is 0 Å². The molecule has 1 aromatic carbocycles. The highest BCUT2D eigenvalue weighted by Crippen LogP contribution is 2.41. The van der Waals surface area contributed by atoms with Gasteiger partial charge in [-0.1, -0.05) is 0 Å². The number of methoxy groups -OCH3 is 1.